The minimum absolute atomic E-state index is 0.0530. The third kappa shape index (κ3) is 4.33. The van der Waals surface area contributed by atoms with E-state index in [1.807, 2.05) is 30.3 Å². The number of nitrogens with one attached hydrogen (secondary N) is 2. The molecule has 0 spiro atoms. The standard InChI is InChI=1S/C27H26N4O5/c1-3-18-14-27(18,16(2)32)30-26(33)24-12-20(15-28-24)36-25-13-23(17-7-5-4-6-8-17)29-22-10-9-19(31(34)35)11-21(22)25/h3-11,13,18,20,24,28H,1,12,14-15H2,2H3,(H,30,33)/t18-,20?,24-,27-/m0/s1. The van der Waals surface area contributed by atoms with Gasteiger partial charge in [-0.25, -0.2) is 4.98 Å². The van der Waals surface area contributed by atoms with Crippen molar-refractivity contribution in [3.8, 4) is 17.0 Å². The Morgan fingerprint density at radius 1 is 1.25 bits per heavy atom. The van der Waals surface area contributed by atoms with Crippen LogP contribution in [0.15, 0.2) is 67.3 Å². The van der Waals surface area contributed by atoms with Crippen molar-refractivity contribution in [1.29, 1.82) is 0 Å². The number of aromatic nitrogens is 1. The predicted octanol–water partition coefficient (Wildman–Crippen LogP) is 3.57. The topological polar surface area (TPSA) is 123 Å². The van der Waals surface area contributed by atoms with Gasteiger partial charge in [0, 0.05) is 48.0 Å². The van der Waals surface area contributed by atoms with E-state index in [1.54, 1.807) is 18.2 Å². The Morgan fingerprint density at radius 3 is 2.69 bits per heavy atom. The lowest BCUT2D eigenvalue weighted by Gasteiger charge is -2.19. The summed E-state index contributed by atoms with van der Waals surface area (Å²) in [5, 5.41) is 18.0. The lowest BCUT2D eigenvalue weighted by molar-refractivity contribution is -0.384. The number of hydrogen-bond acceptors (Lipinski definition) is 7. The lowest BCUT2D eigenvalue weighted by atomic mass is 10.1. The highest BCUT2D eigenvalue weighted by Gasteiger charge is 2.58. The van der Waals surface area contributed by atoms with E-state index in [9.17, 15) is 19.7 Å². The second-order valence-corrected chi connectivity index (χ2v) is 9.33. The van der Waals surface area contributed by atoms with E-state index in [0.29, 0.717) is 41.7 Å². The highest BCUT2D eigenvalue weighted by Crippen LogP contribution is 2.45. The van der Waals surface area contributed by atoms with Crippen LogP contribution in [-0.2, 0) is 9.59 Å². The Morgan fingerprint density at radius 2 is 2.03 bits per heavy atom. The van der Waals surface area contributed by atoms with Crippen LogP contribution >= 0.6 is 0 Å². The third-order valence-electron chi connectivity index (χ3n) is 7.01. The van der Waals surface area contributed by atoms with E-state index in [1.165, 1.54) is 19.1 Å². The highest BCUT2D eigenvalue weighted by atomic mass is 16.6. The summed E-state index contributed by atoms with van der Waals surface area (Å²) in [4.78, 5) is 40.7. The molecule has 9 heteroatoms. The summed E-state index contributed by atoms with van der Waals surface area (Å²) in [5.41, 5.74) is 1.23. The molecular weight excluding hydrogens is 460 g/mol. The van der Waals surface area contributed by atoms with Gasteiger partial charge in [0.2, 0.25) is 5.91 Å². The van der Waals surface area contributed by atoms with Crippen LogP contribution in [0.5, 0.6) is 5.75 Å². The molecule has 2 aliphatic rings. The molecule has 4 atom stereocenters. The molecule has 9 nitrogen and oxygen atoms in total. The van der Waals surface area contributed by atoms with Gasteiger partial charge in [-0.15, -0.1) is 6.58 Å². The molecule has 5 rings (SSSR count). The molecule has 2 N–H and O–H groups in total. The number of benzene rings is 2. The molecule has 0 radical (unpaired) electrons. The summed E-state index contributed by atoms with van der Waals surface area (Å²) in [5.74, 6) is 0.0815. The fraction of sp³-hybridized carbons (Fsp3) is 0.296. The molecule has 2 aromatic carbocycles. The van der Waals surface area contributed by atoms with E-state index in [-0.39, 0.29) is 29.4 Å². The average Bonchev–Trinajstić information content (AvgIpc) is 3.40. The van der Waals surface area contributed by atoms with Crippen LogP contribution in [0.25, 0.3) is 22.2 Å². The zero-order valence-corrected chi connectivity index (χ0v) is 19.8. The molecule has 0 bridgehead atoms. The van der Waals surface area contributed by atoms with Gasteiger partial charge in [-0.05, 0) is 19.4 Å². The first-order valence-electron chi connectivity index (χ1n) is 11.8. The van der Waals surface area contributed by atoms with Crippen LogP contribution in [0, 0.1) is 16.0 Å². The summed E-state index contributed by atoms with van der Waals surface area (Å²) in [7, 11) is 0. The number of nitro benzene ring substituents is 1. The zero-order chi connectivity index (χ0) is 25.4. The van der Waals surface area contributed by atoms with Gasteiger partial charge in [-0.3, -0.25) is 19.7 Å². The maximum Gasteiger partial charge on any atom is 0.270 e. The molecule has 36 heavy (non-hydrogen) atoms. The molecule has 1 amide bonds. The van der Waals surface area contributed by atoms with Crippen molar-refractivity contribution in [3.05, 3.63) is 77.4 Å². The van der Waals surface area contributed by atoms with Crippen LogP contribution in [0.4, 0.5) is 5.69 Å². The number of fused-ring (bicyclic) bond motifs is 1. The van der Waals surface area contributed by atoms with Crippen LogP contribution in [-0.4, -0.2) is 45.8 Å². The number of non-ortho nitro benzene ring substituents is 1. The molecule has 2 fully saturated rings. The first-order chi connectivity index (χ1) is 17.3. The van der Waals surface area contributed by atoms with Crippen molar-refractivity contribution in [2.24, 2.45) is 5.92 Å². The Labute approximate surface area is 207 Å². The van der Waals surface area contributed by atoms with Crippen LogP contribution < -0.4 is 15.4 Å². The van der Waals surface area contributed by atoms with Crippen LogP contribution in [0.3, 0.4) is 0 Å². The molecular formula is C27H26N4O5. The molecule has 1 saturated heterocycles. The number of amides is 1. The van der Waals surface area contributed by atoms with Gasteiger partial charge in [-0.2, -0.15) is 0 Å². The molecule has 2 heterocycles. The fourth-order valence-corrected chi connectivity index (χ4v) is 4.84. The van der Waals surface area contributed by atoms with Gasteiger partial charge < -0.3 is 15.4 Å². The highest BCUT2D eigenvalue weighted by molar-refractivity contribution is 5.96. The van der Waals surface area contributed by atoms with Crippen molar-refractivity contribution >= 4 is 28.3 Å². The first kappa shape index (κ1) is 23.6. The van der Waals surface area contributed by atoms with E-state index in [0.717, 1.165) is 5.56 Å². The van der Waals surface area contributed by atoms with Gasteiger partial charge in [0.15, 0.2) is 5.78 Å². The Balaban J connectivity index is 1.39. The molecule has 1 aliphatic heterocycles. The number of carbonyl (C=O) groups is 2. The minimum atomic E-state index is -0.857. The number of nitro groups is 1. The number of hydrogen-bond donors (Lipinski definition) is 2. The lowest BCUT2D eigenvalue weighted by Crippen LogP contribution is -2.50. The number of rotatable bonds is 8. The van der Waals surface area contributed by atoms with Crippen molar-refractivity contribution in [2.75, 3.05) is 6.54 Å². The van der Waals surface area contributed by atoms with E-state index in [2.05, 4.69) is 22.2 Å². The fourth-order valence-electron chi connectivity index (χ4n) is 4.84. The van der Waals surface area contributed by atoms with Crippen molar-refractivity contribution < 1.29 is 19.2 Å². The first-order valence-corrected chi connectivity index (χ1v) is 11.8. The Bertz CT molecular complexity index is 1380. The zero-order valence-electron chi connectivity index (χ0n) is 19.8. The molecule has 1 unspecified atom stereocenters. The van der Waals surface area contributed by atoms with Crippen molar-refractivity contribution in [2.45, 2.75) is 37.5 Å². The molecule has 1 aromatic heterocycles. The number of carbonyl (C=O) groups excluding carboxylic acids is 2. The molecule has 1 saturated carbocycles. The Hall–Kier alpha value is -4.11. The number of Topliss-reactive ketones (excluding diaryl/α,β-unsaturated/α-hetero) is 1. The predicted molar refractivity (Wildman–Crippen MR) is 135 cm³/mol. The normalized spacial score (nSPS) is 24.8. The Kier molecular flexibility index (Phi) is 6.01. The average molecular weight is 487 g/mol. The van der Waals surface area contributed by atoms with Crippen molar-refractivity contribution in [3.63, 3.8) is 0 Å². The molecule has 1 aliphatic carbocycles. The summed E-state index contributed by atoms with van der Waals surface area (Å²) in [6.07, 6.45) is 2.30. The van der Waals surface area contributed by atoms with Gasteiger partial charge in [0.1, 0.15) is 17.4 Å². The van der Waals surface area contributed by atoms with E-state index in [4.69, 9.17) is 4.74 Å². The van der Waals surface area contributed by atoms with E-state index >= 15 is 0 Å². The third-order valence-corrected chi connectivity index (χ3v) is 7.01. The molecule has 3 aromatic rings. The second-order valence-electron chi connectivity index (χ2n) is 9.33. The summed E-state index contributed by atoms with van der Waals surface area (Å²) >= 11 is 0. The summed E-state index contributed by atoms with van der Waals surface area (Å²) in [6, 6.07) is 15.3. The number of nitrogens with zero attached hydrogens (tertiary/aromatic N) is 2. The second kappa shape index (κ2) is 9.16. The SMILES string of the molecule is C=C[C@H]1C[C@]1(NC(=O)[C@@H]1CC(Oc2cc(-c3ccccc3)nc3ccc([N+](=O)[O-])cc23)CN1)C(C)=O. The van der Waals surface area contributed by atoms with Gasteiger partial charge in [0.25, 0.3) is 5.69 Å². The largest absolute Gasteiger partial charge is 0.488 e. The number of ketones is 1. The van der Waals surface area contributed by atoms with Crippen LogP contribution in [0.2, 0.25) is 0 Å². The summed E-state index contributed by atoms with van der Waals surface area (Å²) in [6.45, 7) is 5.64. The monoisotopic (exact) mass is 486 g/mol. The van der Waals surface area contributed by atoms with E-state index < -0.39 is 16.5 Å². The van der Waals surface area contributed by atoms with Crippen LogP contribution in [0.1, 0.15) is 19.8 Å². The minimum Gasteiger partial charge on any atom is -0.488 e. The smallest absolute Gasteiger partial charge is 0.270 e. The van der Waals surface area contributed by atoms with Crippen molar-refractivity contribution in [1.82, 2.24) is 15.6 Å². The molecule has 184 valence electrons. The van der Waals surface area contributed by atoms with Gasteiger partial charge >= 0.3 is 0 Å². The number of pyridine rings is 1. The number of ether oxygens (including phenoxy) is 1. The van der Waals surface area contributed by atoms with Gasteiger partial charge in [0.05, 0.1) is 22.2 Å². The maximum atomic E-state index is 12.9. The summed E-state index contributed by atoms with van der Waals surface area (Å²) < 4.78 is 6.31. The maximum absolute atomic E-state index is 12.9. The quantitative estimate of drug-likeness (QED) is 0.283. The van der Waals surface area contributed by atoms with Gasteiger partial charge in [-0.1, -0.05) is 36.4 Å².